The fourth-order valence-electron chi connectivity index (χ4n) is 2.27. The zero-order chi connectivity index (χ0) is 17.6. The predicted molar refractivity (Wildman–Crippen MR) is 88.3 cm³/mol. The van der Waals surface area contributed by atoms with Crippen LogP contribution in [0.4, 0.5) is 4.39 Å². The number of ether oxygens (including phenoxy) is 2. The molecule has 6 nitrogen and oxygen atoms in total. The van der Waals surface area contributed by atoms with Gasteiger partial charge in [-0.05, 0) is 32.0 Å². The topological polar surface area (TPSA) is 70.3 Å². The van der Waals surface area contributed by atoms with Gasteiger partial charge in [-0.1, -0.05) is 17.3 Å². The average molecular weight is 343 g/mol. The summed E-state index contributed by atoms with van der Waals surface area (Å²) in [5, 5.41) is 3.88. The third kappa shape index (κ3) is 4.39. The van der Waals surface area contributed by atoms with Crippen molar-refractivity contribution in [2.24, 2.45) is 0 Å². The van der Waals surface area contributed by atoms with Gasteiger partial charge in [0.1, 0.15) is 17.7 Å². The summed E-state index contributed by atoms with van der Waals surface area (Å²) in [7, 11) is 0. The van der Waals surface area contributed by atoms with Crippen LogP contribution in [0.5, 0.6) is 5.75 Å². The van der Waals surface area contributed by atoms with Gasteiger partial charge in [-0.25, -0.2) is 4.39 Å². The molecule has 130 valence electrons. The third-order valence-electron chi connectivity index (χ3n) is 3.48. The molecule has 0 saturated heterocycles. The first kappa shape index (κ1) is 17.0. The molecule has 0 saturated carbocycles. The number of pyridine rings is 1. The van der Waals surface area contributed by atoms with Crippen LogP contribution in [0, 0.1) is 5.82 Å². The van der Waals surface area contributed by atoms with E-state index in [4.69, 9.17) is 14.0 Å². The Morgan fingerprint density at radius 3 is 2.92 bits per heavy atom. The first-order chi connectivity index (χ1) is 12.2. The standard InChI is InChI=1S/C18H18FN3O3/c1-3-23-12(2)18-21-17(25-22-18)11-24-15-7-8-20-16(10-15)13-5-4-6-14(19)9-13/h4-10,12H,3,11H2,1-2H3. The monoisotopic (exact) mass is 343 g/mol. The molecule has 0 radical (unpaired) electrons. The van der Waals surface area contributed by atoms with E-state index in [2.05, 4.69) is 15.1 Å². The highest BCUT2D eigenvalue weighted by Crippen LogP contribution is 2.22. The number of benzene rings is 1. The Morgan fingerprint density at radius 1 is 1.24 bits per heavy atom. The molecule has 3 rings (SSSR count). The molecule has 0 fully saturated rings. The van der Waals surface area contributed by atoms with Crippen LogP contribution in [0.15, 0.2) is 47.1 Å². The lowest BCUT2D eigenvalue weighted by Crippen LogP contribution is -2.02. The van der Waals surface area contributed by atoms with Crippen LogP contribution >= 0.6 is 0 Å². The van der Waals surface area contributed by atoms with E-state index >= 15 is 0 Å². The summed E-state index contributed by atoms with van der Waals surface area (Å²) in [6.07, 6.45) is 1.37. The Kier molecular flexibility index (Phi) is 5.35. The summed E-state index contributed by atoms with van der Waals surface area (Å²) in [5.41, 5.74) is 1.30. The molecule has 2 aromatic heterocycles. The largest absolute Gasteiger partial charge is 0.484 e. The van der Waals surface area contributed by atoms with Crippen molar-refractivity contribution in [3.05, 3.63) is 60.1 Å². The van der Waals surface area contributed by atoms with E-state index in [-0.39, 0.29) is 18.5 Å². The Bertz CT molecular complexity index is 838. The molecule has 1 aromatic carbocycles. The van der Waals surface area contributed by atoms with E-state index < -0.39 is 0 Å². The zero-order valence-electron chi connectivity index (χ0n) is 14.0. The molecule has 1 unspecified atom stereocenters. The van der Waals surface area contributed by atoms with Crippen molar-refractivity contribution in [2.75, 3.05) is 6.61 Å². The second kappa shape index (κ2) is 7.85. The van der Waals surface area contributed by atoms with Crippen LogP contribution in [0.2, 0.25) is 0 Å². The molecular weight excluding hydrogens is 325 g/mol. The molecule has 0 amide bonds. The van der Waals surface area contributed by atoms with Gasteiger partial charge in [0, 0.05) is 24.4 Å². The van der Waals surface area contributed by atoms with Crippen LogP contribution in [0.25, 0.3) is 11.3 Å². The molecule has 1 atom stereocenters. The molecule has 25 heavy (non-hydrogen) atoms. The fourth-order valence-corrected chi connectivity index (χ4v) is 2.27. The van der Waals surface area contributed by atoms with Crippen molar-refractivity contribution in [1.82, 2.24) is 15.1 Å². The van der Waals surface area contributed by atoms with Crippen molar-refractivity contribution >= 4 is 0 Å². The van der Waals surface area contributed by atoms with Gasteiger partial charge in [-0.15, -0.1) is 0 Å². The van der Waals surface area contributed by atoms with Crippen LogP contribution in [0.1, 0.15) is 31.7 Å². The van der Waals surface area contributed by atoms with Gasteiger partial charge in [0.05, 0.1) is 5.69 Å². The van der Waals surface area contributed by atoms with Crippen LogP contribution in [0.3, 0.4) is 0 Å². The van der Waals surface area contributed by atoms with Gasteiger partial charge in [0.2, 0.25) is 0 Å². The minimum Gasteiger partial charge on any atom is -0.484 e. The summed E-state index contributed by atoms with van der Waals surface area (Å²) in [5.74, 6) is 1.10. The second-order valence-electron chi connectivity index (χ2n) is 5.32. The van der Waals surface area contributed by atoms with Crippen molar-refractivity contribution in [3.8, 4) is 17.0 Å². The van der Waals surface area contributed by atoms with Gasteiger partial charge < -0.3 is 14.0 Å². The number of halogens is 1. The van der Waals surface area contributed by atoms with Gasteiger partial charge in [0.25, 0.3) is 5.89 Å². The smallest absolute Gasteiger partial charge is 0.264 e. The summed E-state index contributed by atoms with van der Waals surface area (Å²) in [6.45, 7) is 4.45. The van der Waals surface area contributed by atoms with E-state index in [9.17, 15) is 4.39 Å². The van der Waals surface area contributed by atoms with Crippen LogP contribution in [-0.2, 0) is 11.3 Å². The highest BCUT2D eigenvalue weighted by Gasteiger charge is 2.14. The highest BCUT2D eigenvalue weighted by molar-refractivity contribution is 5.60. The molecular formula is C18H18FN3O3. The SMILES string of the molecule is CCOC(C)c1noc(COc2ccnc(-c3cccc(F)c3)c2)n1. The van der Waals surface area contributed by atoms with E-state index in [1.54, 1.807) is 30.5 Å². The van der Waals surface area contributed by atoms with Gasteiger partial charge in [-0.2, -0.15) is 4.98 Å². The third-order valence-corrected chi connectivity index (χ3v) is 3.48. The van der Waals surface area contributed by atoms with Crippen molar-refractivity contribution in [2.45, 2.75) is 26.6 Å². The van der Waals surface area contributed by atoms with E-state index in [0.717, 1.165) is 0 Å². The highest BCUT2D eigenvalue weighted by atomic mass is 19.1. The number of nitrogens with zero attached hydrogens (tertiary/aromatic N) is 3. The molecule has 0 aliphatic rings. The first-order valence-corrected chi connectivity index (χ1v) is 7.94. The zero-order valence-corrected chi connectivity index (χ0v) is 14.0. The Hall–Kier alpha value is -2.80. The van der Waals surface area contributed by atoms with Crippen molar-refractivity contribution in [3.63, 3.8) is 0 Å². The molecule has 0 N–H and O–H groups in total. The molecule has 0 spiro atoms. The lowest BCUT2D eigenvalue weighted by molar-refractivity contribution is 0.0683. The Balaban J connectivity index is 1.67. The Morgan fingerprint density at radius 2 is 2.12 bits per heavy atom. The fraction of sp³-hybridized carbons (Fsp3) is 0.278. The van der Waals surface area contributed by atoms with Gasteiger partial charge >= 0.3 is 0 Å². The van der Waals surface area contributed by atoms with Gasteiger partial charge in [0.15, 0.2) is 12.4 Å². The lowest BCUT2D eigenvalue weighted by atomic mass is 10.1. The normalized spacial score (nSPS) is 12.1. The van der Waals surface area contributed by atoms with Crippen LogP contribution in [-0.4, -0.2) is 21.7 Å². The Labute approximate surface area is 144 Å². The molecule has 0 bridgehead atoms. The molecule has 7 heteroatoms. The number of hydrogen-bond donors (Lipinski definition) is 0. The van der Waals surface area contributed by atoms with Gasteiger partial charge in [-0.3, -0.25) is 4.98 Å². The number of rotatable bonds is 7. The molecule has 2 heterocycles. The first-order valence-electron chi connectivity index (χ1n) is 7.94. The molecule has 0 aliphatic heterocycles. The summed E-state index contributed by atoms with van der Waals surface area (Å²) in [6, 6.07) is 9.68. The van der Waals surface area contributed by atoms with Crippen molar-refractivity contribution < 1.29 is 18.4 Å². The molecule has 0 aliphatic carbocycles. The van der Waals surface area contributed by atoms with E-state index in [1.807, 2.05) is 13.8 Å². The quantitative estimate of drug-likeness (QED) is 0.647. The maximum Gasteiger partial charge on any atom is 0.264 e. The summed E-state index contributed by atoms with van der Waals surface area (Å²) >= 11 is 0. The van der Waals surface area contributed by atoms with E-state index in [0.29, 0.717) is 35.3 Å². The number of hydrogen-bond acceptors (Lipinski definition) is 6. The summed E-state index contributed by atoms with van der Waals surface area (Å²) in [4.78, 5) is 8.48. The van der Waals surface area contributed by atoms with E-state index in [1.165, 1.54) is 12.1 Å². The lowest BCUT2D eigenvalue weighted by Gasteiger charge is -2.06. The maximum absolute atomic E-state index is 13.3. The maximum atomic E-state index is 13.3. The minimum atomic E-state index is -0.313. The average Bonchev–Trinajstić information content (AvgIpc) is 3.10. The van der Waals surface area contributed by atoms with Crippen LogP contribution < -0.4 is 4.74 Å². The van der Waals surface area contributed by atoms with Crippen molar-refractivity contribution in [1.29, 1.82) is 0 Å². The predicted octanol–water partition coefficient (Wildman–Crippen LogP) is 3.95. The summed E-state index contributed by atoms with van der Waals surface area (Å²) < 4.78 is 29.6. The number of aromatic nitrogens is 3. The molecule has 3 aromatic rings. The minimum absolute atomic E-state index is 0.123. The second-order valence-corrected chi connectivity index (χ2v) is 5.32.